The molecule has 0 unspecified atom stereocenters. The van der Waals surface area contributed by atoms with E-state index in [1.54, 1.807) is 6.92 Å². The number of ether oxygens (including phenoxy) is 1. The number of benzene rings is 1. The summed E-state index contributed by atoms with van der Waals surface area (Å²) in [4.78, 5) is 31.4. The molecule has 6 nitrogen and oxygen atoms in total. The molecular formula is C18H23F3N2O4. The Labute approximate surface area is 155 Å². The molecule has 1 aliphatic heterocycles. The van der Waals surface area contributed by atoms with E-state index in [9.17, 15) is 22.8 Å². The predicted octanol–water partition coefficient (Wildman–Crippen LogP) is 3.95. The van der Waals surface area contributed by atoms with Crippen molar-refractivity contribution in [2.75, 3.05) is 25.7 Å². The number of hydrogen-bond donors (Lipinski definition) is 0. The van der Waals surface area contributed by atoms with Gasteiger partial charge in [0.2, 0.25) is 0 Å². The Hall–Kier alpha value is -2.29. The molecule has 2 amide bonds. The first-order valence-corrected chi connectivity index (χ1v) is 8.64. The third-order valence-electron chi connectivity index (χ3n) is 4.68. The Morgan fingerprint density at radius 1 is 1.30 bits per heavy atom. The van der Waals surface area contributed by atoms with E-state index in [2.05, 4.69) is 0 Å². The van der Waals surface area contributed by atoms with E-state index in [1.165, 1.54) is 25.1 Å². The minimum absolute atomic E-state index is 0.135. The topological polar surface area (TPSA) is 59.1 Å². The average Bonchev–Trinajstić information content (AvgIpc) is 2.64. The Bertz CT molecular complexity index is 708. The molecule has 0 aliphatic carbocycles. The van der Waals surface area contributed by atoms with Gasteiger partial charge in [-0.25, -0.2) is 9.86 Å². The highest BCUT2D eigenvalue weighted by Gasteiger charge is 2.42. The van der Waals surface area contributed by atoms with Crippen LogP contribution in [0.4, 0.5) is 23.7 Å². The molecule has 1 aromatic rings. The summed E-state index contributed by atoms with van der Waals surface area (Å²) in [6, 6.07) is 2.68. The van der Waals surface area contributed by atoms with Gasteiger partial charge in [0.05, 0.1) is 30.9 Å². The third-order valence-corrected chi connectivity index (χ3v) is 4.68. The van der Waals surface area contributed by atoms with Crippen molar-refractivity contribution >= 4 is 17.7 Å². The molecule has 150 valence electrons. The van der Waals surface area contributed by atoms with Gasteiger partial charge in [0.15, 0.2) is 0 Å². The van der Waals surface area contributed by atoms with E-state index in [0.717, 1.165) is 17.2 Å². The van der Waals surface area contributed by atoms with Crippen LogP contribution in [0.25, 0.3) is 0 Å². The van der Waals surface area contributed by atoms with Gasteiger partial charge in [-0.15, -0.1) is 0 Å². The minimum Gasteiger partial charge on any atom is -0.449 e. The van der Waals surface area contributed by atoms with Crippen molar-refractivity contribution in [3.63, 3.8) is 0 Å². The molecule has 0 saturated heterocycles. The summed E-state index contributed by atoms with van der Waals surface area (Å²) >= 11 is 0. The fourth-order valence-electron chi connectivity index (χ4n) is 3.26. The van der Waals surface area contributed by atoms with Crippen LogP contribution in [-0.4, -0.2) is 43.9 Å². The summed E-state index contributed by atoms with van der Waals surface area (Å²) in [7, 11) is 2.70. The van der Waals surface area contributed by atoms with E-state index < -0.39 is 29.7 Å². The zero-order valence-corrected chi connectivity index (χ0v) is 15.7. The second-order valence-corrected chi connectivity index (χ2v) is 6.21. The number of fused-ring (bicyclic) bond motifs is 1. The molecule has 0 spiro atoms. The molecule has 0 bridgehead atoms. The van der Waals surface area contributed by atoms with Gasteiger partial charge >= 0.3 is 12.3 Å². The van der Waals surface area contributed by atoms with Crippen molar-refractivity contribution in [2.24, 2.45) is 0 Å². The van der Waals surface area contributed by atoms with Crippen LogP contribution in [0.2, 0.25) is 0 Å². The van der Waals surface area contributed by atoms with E-state index in [1.807, 2.05) is 6.92 Å². The highest BCUT2D eigenvalue weighted by molar-refractivity contribution is 5.94. The lowest BCUT2D eigenvalue weighted by molar-refractivity contribution is -0.170. The van der Waals surface area contributed by atoms with Crippen LogP contribution in [0, 0.1) is 0 Å². The quantitative estimate of drug-likeness (QED) is 0.733. The highest BCUT2D eigenvalue weighted by Crippen LogP contribution is 2.43. The first-order chi connectivity index (χ1) is 12.6. The Morgan fingerprint density at radius 3 is 2.48 bits per heavy atom. The van der Waals surface area contributed by atoms with Crippen LogP contribution in [0.1, 0.15) is 43.7 Å². The minimum atomic E-state index is -4.56. The predicted molar refractivity (Wildman–Crippen MR) is 92.2 cm³/mol. The van der Waals surface area contributed by atoms with Crippen LogP contribution in [0.5, 0.6) is 0 Å². The maximum Gasteiger partial charge on any atom is 0.416 e. The molecule has 0 saturated carbocycles. The van der Waals surface area contributed by atoms with Crippen molar-refractivity contribution < 1.29 is 32.3 Å². The smallest absolute Gasteiger partial charge is 0.416 e. The molecule has 0 aromatic heterocycles. The second-order valence-electron chi connectivity index (χ2n) is 6.21. The van der Waals surface area contributed by atoms with E-state index in [-0.39, 0.29) is 30.3 Å². The SMILES string of the molecule is CCOC(=O)N1c2ccc(C(F)(F)F)cc2[C@H](C(=O)N(C)OC)C[C@H]1CC. The van der Waals surface area contributed by atoms with Crippen molar-refractivity contribution in [1.29, 1.82) is 0 Å². The summed E-state index contributed by atoms with van der Waals surface area (Å²) in [5.74, 6) is -1.33. The van der Waals surface area contributed by atoms with Crippen molar-refractivity contribution in [1.82, 2.24) is 5.06 Å². The van der Waals surface area contributed by atoms with Crippen LogP contribution < -0.4 is 4.90 Å². The number of anilines is 1. The first-order valence-electron chi connectivity index (χ1n) is 8.64. The summed E-state index contributed by atoms with van der Waals surface area (Å²) in [5, 5.41) is 0.988. The van der Waals surface area contributed by atoms with Gasteiger partial charge in [-0.1, -0.05) is 6.92 Å². The van der Waals surface area contributed by atoms with Crippen molar-refractivity contribution in [3.05, 3.63) is 29.3 Å². The number of carbonyl (C=O) groups is 2. The van der Waals surface area contributed by atoms with E-state index in [4.69, 9.17) is 9.57 Å². The monoisotopic (exact) mass is 388 g/mol. The fraction of sp³-hybridized carbons (Fsp3) is 0.556. The molecule has 0 fully saturated rings. The van der Waals surface area contributed by atoms with Gasteiger partial charge < -0.3 is 4.74 Å². The van der Waals surface area contributed by atoms with Gasteiger partial charge in [-0.3, -0.25) is 14.5 Å². The van der Waals surface area contributed by atoms with Gasteiger partial charge in [0.1, 0.15) is 0 Å². The fourth-order valence-corrected chi connectivity index (χ4v) is 3.26. The normalized spacial score (nSPS) is 19.4. The molecular weight excluding hydrogens is 365 g/mol. The molecule has 2 atom stereocenters. The van der Waals surface area contributed by atoms with Crippen LogP contribution >= 0.6 is 0 Å². The first kappa shape index (κ1) is 21.0. The van der Waals surface area contributed by atoms with Crippen molar-refractivity contribution in [2.45, 2.75) is 44.8 Å². The second kappa shape index (κ2) is 8.16. The van der Waals surface area contributed by atoms with Gasteiger partial charge in [0, 0.05) is 13.1 Å². The maximum atomic E-state index is 13.2. The Morgan fingerprint density at radius 2 is 1.96 bits per heavy atom. The number of hydrogen-bond acceptors (Lipinski definition) is 4. The molecule has 9 heteroatoms. The van der Waals surface area contributed by atoms with Crippen LogP contribution in [0.3, 0.4) is 0 Å². The van der Waals surface area contributed by atoms with E-state index >= 15 is 0 Å². The van der Waals surface area contributed by atoms with Gasteiger partial charge in [-0.2, -0.15) is 13.2 Å². The zero-order valence-electron chi connectivity index (χ0n) is 15.7. The van der Waals surface area contributed by atoms with Crippen LogP contribution in [0.15, 0.2) is 18.2 Å². The highest BCUT2D eigenvalue weighted by atomic mass is 19.4. The number of likely N-dealkylation sites (N-methyl/N-ethyl adjacent to an activating group) is 1. The third kappa shape index (κ3) is 4.18. The Kier molecular flexibility index (Phi) is 6.35. The lowest BCUT2D eigenvalue weighted by atomic mass is 9.83. The summed E-state index contributed by atoms with van der Waals surface area (Å²) in [6.45, 7) is 3.63. The number of alkyl halides is 3. The zero-order chi connectivity index (χ0) is 20.4. The van der Waals surface area contributed by atoms with Crippen LogP contribution in [-0.2, 0) is 20.5 Å². The number of amides is 2. The maximum absolute atomic E-state index is 13.2. The Balaban J connectivity index is 2.62. The van der Waals surface area contributed by atoms with Crippen molar-refractivity contribution in [3.8, 4) is 0 Å². The largest absolute Gasteiger partial charge is 0.449 e. The number of hydroxylamine groups is 2. The summed E-state index contributed by atoms with van der Waals surface area (Å²) in [6.07, 6.45) is -4.52. The van der Waals surface area contributed by atoms with Gasteiger partial charge in [-0.05, 0) is 43.5 Å². The molecule has 1 heterocycles. The molecule has 0 radical (unpaired) electrons. The standard InChI is InChI=1S/C18H23F3N2O4/c1-5-12-10-14(16(24)22(3)26-4)13-9-11(18(19,20)21)7-8-15(13)23(12)17(25)27-6-2/h7-9,12,14H,5-6,10H2,1-4H3/t12-,14-/m1/s1. The van der Waals surface area contributed by atoms with Gasteiger partial charge in [0.25, 0.3) is 5.91 Å². The molecule has 1 aliphatic rings. The van der Waals surface area contributed by atoms with E-state index in [0.29, 0.717) is 6.42 Å². The number of rotatable bonds is 4. The number of carbonyl (C=O) groups excluding carboxylic acids is 2. The number of halogens is 3. The number of nitrogens with zero attached hydrogens (tertiary/aromatic N) is 2. The summed E-state index contributed by atoms with van der Waals surface area (Å²) in [5.41, 5.74) is -0.489. The lowest BCUT2D eigenvalue weighted by Gasteiger charge is -2.40. The molecule has 0 N–H and O–H groups in total. The summed E-state index contributed by atoms with van der Waals surface area (Å²) < 4.78 is 44.7. The molecule has 27 heavy (non-hydrogen) atoms. The molecule has 1 aromatic carbocycles. The lowest BCUT2D eigenvalue weighted by Crippen LogP contribution is -2.47. The average molecular weight is 388 g/mol. The molecule has 2 rings (SSSR count).